The molecule has 6 heteroatoms. The van der Waals surface area contributed by atoms with Gasteiger partial charge in [0.2, 0.25) is 5.91 Å². The maximum Gasteiger partial charge on any atom is 0.254 e. The molecule has 1 unspecified atom stereocenters. The number of halogens is 1. The molecule has 28 heavy (non-hydrogen) atoms. The average molecular weight is 375 g/mol. The average Bonchev–Trinajstić information content (AvgIpc) is 2.73. The van der Waals surface area contributed by atoms with Crippen LogP contribution in [0.4, 0.5) is 10.1 Å². The lowest BCUT2D eigenvalue weighted by Crippen LogP contribution is -2.55. The summed E-state index contributed by atoms with van der Waals surface area (Å²) in [6.45, 7) is -0.0759. The minimum atomic E-state index is -0.866. The van der Waals surface area contributed by atoms with Crippen LogP contribution in [0.5, 0.6) is 0 Å². The Kier molecular flexibility index (Phi) is 4.85. The second-order valence-corrected chi connectivity index (χ2v) is 6.56. The molecule has 1 saturated heterocycles. The molecule has 0 saturated carbocycles. The SMILES string of the molecule is O=C1C(c2cccnc2)N(Cc2ccccc2F)C(=O)CN1c1ccccc1. The summed E-state index contributed by atoms with van der Waals surface area (Å²) in [4.78, 5) is 33.4. The molecule has 0 aliphatic carbocycles. The predicted octanol–water partition coefficient (Wildman–Crippen LogP) is 3.34. The zero-order chi connectivity index (χ0) is 19.5. The fourth-order valence-corrected chi connectivity index (χ4v) is 3.41. The third kappa shape index (κ3) is 3.36. The van der Waals surface area contributed by atoms with Gasteiger partial charge in [0, 0.05) is 35.8 Å². The largest absolute Gasteiger partial charge is 0.320 e. The van der Waals surface area contributed by atoms with Crippen molar-refractivity contribution in [1.29, 1.82) is 0 Å². The molecule has 1 aromatic heterocycles. The van der Waals surface area contributed by atoms with Crippen molar-refractivity contribution in [3.05, 3.63) is 96.1 Å². The van der Waals surface area contributed by atoms with Crippen LogP contribution < -0.4 is 4.90 Å². The number of anilines is 1. The Balaban J connectivity index is 1.74. The number of benzene rings is 2. The van der Waals surface area contributed by atoms with E-state index >= 15 is 0 Å². The molecular formula is C22H18FN3O2. The first-order valence-electron chi connectivity index (χ1n) is 8.94. The maximum atomic E-state index is 14.2. The number of nitrogens with zero attached hydrogens (tertiary/aromatic N) is 3. The molecular weight excluding hydrogens is 357 g/mol. The van der Waals surface area contributed by atoms with Crippen molar-refractivity contribution in [2.24, 2.45) is 0 Å². The van der Waals surface area contributed by atoms with Crippen LogP contribution in [-0.2, 0) is 16.1 Å². The fraction of sp³-hybridized carbons (Fsp3) is 0.136. The van der Waals surface area contributed by atoms with Gasteiger partial charge in [-0.05, 0) is 24.3 Å². The Bertz CT molecular complexity index is 995. The van der Waals surface area contributed by atoms with Crippen LogP contribution in [0.1, 0.15) is 17.2 Å². The summed E-state index contributed by atoms with van der Waals surface area (Å²) >= 11 is 0. The number of hydrogen-bond donors (Lipinski definition) is 0. The topological polar surface area (TPSA) is 53.5 Å². The van der Waals surface area contributed by atoms with Crippen molar-refractivity contribution in [2.45, 2.75) is 12.6 Å². The number of piperazine rings is 1. The molecule has 3 aromatic rings. The van der Waals surface area contributed by atoms with Crippen LogP contribution in [-0.4, -0.2) is 28.2 Å². The Labute approximate surface area is 162 Å². The highest BCUT2D eigenvalue weighted by atomic mass is 19.1. The van der Waals surface area contributed by atoms with E-state index in [0.29, 0.717) is 16.8 Å². The minimum Gasteiger partial charge on any atom is -0.320 e. The number of carbonyl (C=O) groups excluding carboxylic acids is 2. The Hall–Kier alpha value is -3.54. The van der Waals surface area contributed by atoms with E-state index in [1.165, 1.54) is 15.9 Å². The van der Waals surface area contributed by atoms with Crippen LogP contribution >= 0.6 is 0 Å². The Morgan fingerprint density at radius 1 is 0.964 bits per heavy atom. The number of hydrogen-bond acceptors (Lipinski definition) is 3. The molecule has 2 heterocycles. The quantitative estimate of drug-likeness (QED) is 0.703. The van der Waals surface area contributed by atoms with E-state index in [1.54, 1.807) is 54.9 Å². The van der Waals surface area contributed by atoms with Gasteiger partial charge < -0.3 is 9.80 Å². The van der Waals surface area contributed by atoms with E-state index < -0.39 is 11.9 Å². The first-order chi connectivity index (χ1) is 13.6. The normalized spacial score (nSPS) is 17.1. The van der Waals surface area contributed by atoms with Crippen molar-refractivity contribution < 1.29 is 14.0 Å². The fourth-order valence-electron chi connectivity index (χ4n) is 3.41. The third-order valence-corrected chi connectivity index (χ3v) is 4.79. The number of pyridine rings is 1. The van der Waals surface area contributed by atoms with Gasteiger partial charge in [-0.15, -0.1) is 0 Å². The van der Waals surface area contributed by atoms with Gasteiger partial charge in [0.1, 0.15) is 18.4 Å². The van der Waals surface area contributed by atoms with Crippen molar-refractivity contribution >= 4 is 17.5 Å². The number of aromatic nitrogens is 1. The van der Waals surface area contributed by atoms with E-state index in [-0.39, 0.29) is 24.9 Å². The van der Waals surface area contributed by atoms with Gasteiger partial charge in [-0.1, -0.05) is 42.5 Å². The summed E-state index contributed by atoms with van der Waals surface area (Å²) in [6, 6.07) is 17.9. The Morgan fingerprint density at radius 2 is 1.71 bits per heavy atom. The van der Waals surface area contributed by atoms with E-state index in [1.807, 2.05) is 18.2 Å². The number of para-hydroxylation sites is 1. The lowest BCUT2D eigenvalue weighted by Gasteiger charge is -2.40. The second kappa shape index (κ2) is 7.60. The van der Waals surface area contributed by atoms with Crippen molar-refractivity contribution in [3.63, 3.8) is 0 Å². The summed E-state index contributed by atoms with van der Waals surface area (Å²) in [7, 11) is 0. The van der Waals surface area contributed by atoms with Crippen LogP contribution in [0.3, 0.4) is 0 Å². The molecule has 2 amide bonds. The smallest absolute Gasteiger partial charge is 0.254 e. The van der Waals surface area contributed by atoms with E-state index in [4.69, 9.17) is 0 Å². The molecule has 140 valence electrons. The maximum absolute atomic E-state index is 14.2. The van der Waals surface area contributed by atoms with E-state index in [9.17, 15) is 14.0 Å². The second-order valence-electron chi connectivity index (χ2n) is 6.56. The van der Waals surface area contributed by atoms with Gasteiger partial charge in [-0.2, -0.15) is 0 Å². The molecule has 1 aliphatic rings. The van der Waals surface area contributed by atoms with Crippen molar-refractivity contribution in [1.82, 2.24) is 9.88 Å². The summed E-state index contributed by atoms with van der Waals surface area (Å²) in [5.74, 6) is -0.895. The summed E-state index contributed by atoms with van der Waals surface area (Å²) in [6.07, 6.45) is 3.17. The summed E-state index contributed by atoms with van der Waals surface area (Å²) < 4.78 is 14.2. The van der Waals surface area contributed by atoms with Gasteiger partial charge >= 0.3 is 0 Å². The van der Waals surface area contributed by atoms with Gasteiger partial charge in [0.15, 0.2) is 0 Å². The predicted molar refractivity (Wildman–Crippen MR) is 103 cm³/mol. The van der Waals surface area contributed by atoms with Crippen molar-refractivity contribution in [2.75, 3.05) is 11.4 Å². The number of rotatable bonds is 4. The van der Waals surface area contributed by atoms with Crippen LogP contribution in [0.15, 0.2) is 79.1 Å². The first-order valence-corrected chi connectivity index (χ1v) is 8.94. The molecule has 5 nitrogen and oxygen atoms in total. The Morgan fingerprint density at radius 3 is 2.43 bits per heavy atom. The molecule has 2 aromatic carbocycles. The van der Waals surface area contributed by atoms with Gasteiger partial charge in [0.25, 0.3) is 5.91 Å². The zero-order valence-electron chi connectivity index (χ0n) is 15.0. The lowest BCUT2D eigenvalue weighted by atomic mass is 10.0. The van der Waals surface area contributed by atoms with Crippen LogP contribution in [0.25, 0.3) is 0 Å². The molecule has 0 N–H and O–H groups in total. The molecule has 0 bridgehead atoms. The van der Waals surface area contributed by atoms with E-state index in [0.717, 1.165) is 0 Å². The molecule has 0 radical (unpaired) electrons. The number of amides is 2. The van der Waals surface area contributed by atoms with Crippen LogP contribution in [0, 0.1) is 5.82 Å². The number of carbonyl (C=O) groups is 2. The van der Waals surface area contributed by atoms with Gasteiger partial charge in [-0.25, -0.2) is 4.39 Å². The molecule has 0 spiro atoms. The summed E-state index contributed by atoms with van der Waals surface area (Å²) in [5, 5.41) is 0. The molecule has 1 atom stereocenters. The van der Waals surface area contributed by atoms with Crippen LogP contribution in [0.2, 0.25) is 0 Å². The third-order valence-electron chi connectivity index (χ3n) is 4.79. The summed E-state index contributed by atoms with van der Waals surface area (Å²) in [5.41, 5.74) is 1.61. The molecule has 1 aliphatic heterocycles. The minimum absolute atomic E-state index is 0.0133. The highest BCUT2D eigenvalue weighted by Gasteiger charge is 2.41. The lowest BCUT2D eigenvalue weighted by molar-refractivity contribution is -0.144. The zero-order valence-corrected chi connectivity index (χ0v) is 15.0. The van der Waals surface area contributed by atoms with Gasteiger partial charge in [-0.3, -0.25) is 14.6 Å². The molecule has 4 rings (SSSR count). The first kappa shape index (κ1) is 17.9. The highest BCUT2D eigenvalue weighted by Crippen LogP contribution is 2.31. The van der Waals surface area contributed by atoms with E-state index in [2.05, 4.69) is 4.98 Å². The molecule has 1 fully saturated rings. The van der Waals surface area contributed by atoms with Gasteiger partial charge in [0.05, 0.1) is 0 Å². The van der Waals surface area contributed by atoms with Crippen molar-refractivity contribution in [3.8, 4) is 0 Å². The highest BCUT2D eigenvalue weighted by molar-refractivity contribution is 6.06. The standard InChI is InChI=1S/C22H18FN3O2/c23-19-11-5-4-7-17(19)14-26-20(27)15-25(18-9-2-1-3-10-18)22(28)21(26)16-8-6-12-24-13-16/h1-13,21H,14-15H2. The monoisotopic (exact) mass is 375 g/mol.